The summed E-state index contributed by atoms with van der Waals surface area (Å²) in [6, 6.07) is 11.1. The monoisotopic (exact) mass is 366 g/mol. The third-order valence-electron chi connectivity index (χ3n) is 2.97. The first-order valence-corrected chi connectivity index (χ1v) is 8.09. The van der Waals surface area contributed by atoms with Crippen LogP contribution in [0.1, 0.15) is 5.56 Å². The summed E-state index contributed by atoms with van der Waals surface area (Å²) in [6.45, 7) is 0. The van der Waals surface area contributed by atoms with E-state index < -0.39 is 0 Å². The third-order valence-corrected chi connectivity index (χ3v) is 4.42. The van der Waals surface area contributed by atoms with Crippen LogP contribution in [0.25, 0.3) is 6.08 Å². The molecule has 1 fully saturated rings. The van der Waals surface area contributed by atoms with E-state index in [4.69, 9.17) is 23.2 Å². The van der Waals surface area contributed by atoms with Gasteiger partial charge in [0, 0.05) is 10.6 Å². The lowest BCUT2D eigenvalue weighted by Gasteiger charge is -2.00. The van der Waals surface area contributed by atoms with E-state index in [1.165, 1.54) is 12.1 Å². The smallest absolute Gasteiger partial charge is 0.264 e. The minimum Gasteiger partial charge on any atom is -0.300 e. The second-order valence-corrected chi connectivity index (χ2v) is 6.47. The van der Waals surface area contributed by atoms with Crippen LogP contribution in [0.15, 0.2) is 52.4 Å². The van der Waals surface area contributed by atoms with Crippen LogP contribution in [0.4, 0.5) is 10.1 Å². The Hall–Kier alpha value is -1.82. The fourth-order valence-electron chi connectivity index (χ4n) is 1.90. The Balaban J connectivity index is 1.88. The van der Waals surface area contributed by atoms with Crippen molar-refractivity contribution in [2.75, 3.05) is 0 Å². The molecule has 1 aliphatic rings. The summed E-state index contributed by atoms with van der Waals surface area (Å²) >= 11 is 13.0. The molecule has 3 nitrogen and oxygen atoms in total. The van der Waals surface area contributed by atoms with Gasteiger partial charge in [-0.3, -0.25) is 4.79 Å². The Kier molecular flexibility index (Phi) is 4.71. The minimum atomic E-state index is -0.389. The molecule has 23 heavy (non-hydrogen) atoms. The third kappa shape index (κ3) is 3.75. The quantitative estimate of drug-likeness (QED) is 0.757. The van der Waals surface area contributed by atoms with Crippen molar-refractivity contribution >= 4 is 57.8 Å². The number of rotatable bonds is 2. The summed E-state index contributed by atoms with van der Waals surface area (Å²) in [5.41, 5.74) is 0.835. The fraction of sp³-hybridized carbons (Fsp3) is 0. The largest absolute Gasteiger partial charge is 0.300 e. The Morgan fingerprint density at radius 2 is 1.96 bits per heavy atom. The molecule has 7 heteroatoms. The molecule has 0 radical (unpaired) electrons. The number of carbonyl (C=O) groups is 1. The number of carbonyl (C=O) groups excluding carboxylic acids is 1. The first-order chi connectivity index (χ1) is 11.0. The Morgan fingerprint density at radius 1 is 1.17 bits per heavy atom. The summed E-state index contributed by atoms with van der Waals surface area (Å²) in [4.78, 5) is 16.6. The van der Waals surface area contributed by atoms with Gasteiger partial charge < -0.3 is 5.32 Å². The first kappa shape index (κ1) is 16.1. The van der Waals surface area contributed by atoms with Crippen LogP contribution in [-0.4, -0.2) is 11.1 Å². The molecule has 0 saturated carbocycles. The van der Waals surface area contributed by atoms with Gasteiger partial charge in [0.25, 0.3) is 5.91 Å². The maximum atomic E-state index is 13.7. The van der Waals surface area contributed by atoms with Crippen LogP contribution in [0.2, 0.25) is 10.0 Å². The average molecular weight is 367 g/mol. The molecule has 2 aromatic rings. The van der Waals surface area contributed by atoms with Crippen LogP contribution < -0.4 is 5.32 Å². The first-order valence-electron chi connectivity index (χ1n) is 6.52. The molecular weight excluding hydrogens is 358 g/mol. The molecule has 0 aliphatic carbocycles. The van der Waals surface area contributed by atoms with E-state index in [9.17, 15) is 9.18 Å². The Bertz CT molecular complexity index is 852. The molecule has 3 rings (SSSR count). The Morgan fingerprint density at radius 3 is 2.70 bits per heavy atom. The summed E-state index contributed by atoms with van der Waals surface area (Å²) in [5.74, 6) is -0.721. The van der Waals surface area contributed by atoms with Crippen molar-refractivity contribution in [2.24, 2.45) is 4.99 Å². The van der Waals surface area contributed by atoms with E-state index in [2.05, 4.69) is 10.3 Å². The molecule has 1 heterocycles. The molecule has 1 saturated heterocycles. The highest BCUT2D eigenvalue weighted by Crippen LogP contribution is 2.32. The number of nitrogens with one attached hydrogen (secondary N) is 1. The zero-order valence-corrected chi connectivity index (χ0v) is 13.8. The van der Waals surface area contributed by atoms with Crippen molar-refractivity contribution in [3.05, 3.63) is 68.8 Å². The van der Waals surface area contributed by atoms with Crippen molar-refractivity contribution in [2.45, 2.75) is 0 Å². The number of nitrogens with zero attached hydrogens (tertiary/aromatic N) is 1. The highest BCUT2D eigenvalue weighted by atomic mass is 35.5. The minimum absolute atomic E-state index is 0.331. The lowest BCUT2D eigenvalue weighted by Crippen LogP contribution is -2.19. The number of amides is 1. The van der Waals surface area contributed by atoms with E-state index in [1.807, 2.05) is 0 Å². The van der Waals surface area contributed by atoms with E-state index in [0.717, 1.165) is 11.8 Å². The zero-order chi connectivity index (χ0) is 16.4. The van der Waals surface area contributed by atoms with Gasteiger partial charge in [0.05, 0.1) is 15.6 Å². The van der Waals surface area contributed by atoms with Gasteiger partial charge >= 0.3 is 0 Å². The number of aliphatic imine (C=N–C) groups is 1. The highest BCUT2D eigenvalue weighted by molar-refractivity contribution is 8.18. The van der Waals surface area contributed by atoms with Crippen LogP contribution in [0, 0.1) is 5.82 Å². The van der Waals surface area contributed by atoms with Crippen LogP contribution in [0.3, 0.4) is 0 Å². The lowest BCUT2D eigenvalue weighted by molar-refractivity contribution is -0.115. The summed E-state index contributed by atoms with van der Waals surface area (Å²) in [5, 5.41) is 3.89. The standard InChI is InChI=1S/C16H9Cl2FN2OS/c17-10-5-6-13(11(18)8-10)20-16-21-15(22)14(23-16)7-9-3-1-2-4-12(9)19/h1-8H,(H,20,21,22). The van der Waals surface area contributed by atoms with E-state index >= 15 is 0 Å². The predicted molar refractivity (Wildman–Crippen MR) is 93.7 cm³/mol. The summed E-state index contributed by atoms with van der Waals surface area (Å²) in [7, 11) is 0. The molecule has 0 atom stereocenters. The van der Waals surface area contributed by atoms with Gasteiger partial charge in [0.1, 0.15) is 5.82 Å². The highest BCUT2D eigenvalue weighted by Gasteiger charge is 2.24. The number of amidine groups is 1. The molecular formula is C16H9Cl2FN2OS. The lowest BCUT2D eigenvalue weighted by atomic mass is 10.2. The summed E-state index contributed by atoms with van der Waals surface area (Å²) < 4.78 is 13.7. The van der Waals surface area contributed by atoms with Crippen molar-refractivity contribution < 1.29 is 9.18 Å². The maximum absolute atomic E-state index is 13.7. The predicted octanol–water partition coefficient (Wildman–Crippen LogP) is 5.02. The van der Waals surface area contributed by atoms with Gasteiger partial charge in [-0.1, -0.05) is 41.4 Å². The van der Waals surface area contributed by atoms with Crippen LogP contribution >= 0.6 is 35.0 Å². The number of benzene rings is 2. The summed E-state index contributed by atoms with van der Waals surface area (Å²) in [6.07, 6.45) is 1.49. The molecule has 0 bridgehead atoms. The molecule has 2 aromatic carbocycles. The van der Waals surface area contributed by atoms with Gasteiger partial charge in [-0.2, -0.15) is 0 Å². The molecule has 1 aliphatic heterocycles. The van der Waals surface area contributed by atoms with E-state index in [-0.39, 0.29) is 11.7 Å². The van der Waals surface area contributed by atoms with Gasteiger partial charge in [0.2, 0.25) is 0 Å². The SMILES string of the molecule is O=C1NC(=Nc2ccc(Cl)cc2Cl)SC1=Cc1ccccc1F. The Labute approximate surface area is 146 Å². The second kappa shape index (κ2) is 6.74. The second-order valence-electron chi connectivity index (χ2n) is 4.60. The topological polar surface area (TPSA) is 41.5 Å². The van der Waals surface area contributed by atoms with Crippen molar-refractivity contribution in [3.63, 3.8) is 0 Å². The molecule has 0 spiro atoms. The number of halogens is 3. The molecule has 116 valence electrons. The van der Waals surface area contributed by atoms with Crippen molar-refractivity contribution in [3.8, 4) is 0 Å². The van der Waals surface area contributed by atoms with Crippen LogP contribution in [0.5, 0.6) is 0 Å². The normalized spacial score (nSPS) is 17.8. The van der Waals surface area contributed by atoms with E-state index in [0.29, 0.717) is 31.4 Å². The average Bonchev–Trinajstić information content (AvgIpc) is 2.84. The number of hydrogen-bond donors (Lipinski definition) is 1. The zero-order valence-electron chi connectivity index (χ0n) is 11.5. The van der Waals surface area contributed by atoms with Crippen molar-refractivity contribution in [1.82, 2.24) is 5.32 Å². The molecule has 1 amide bonds. The van der Waals surface area contributed by atoms with Gasteiger partial charge in [-0.25, -0.2) is 9.38 Å². The molecule has 0 aromatic heterocycles. The van der Waals surface area contributed by atoms with Crippen LogP contribution in [-0.2, 0) is 4.79 Å². The van der Waals surface area contributed by atoms with E-state index in [1.54, 1.807) is 36.4 Å². The van der Waals surface area contributed by atoms with Gasteiger partial charge in [-0.15, -0.1) is 0 Å². The number of hydrogen-bond acceptors (Lipinski definition) is 3. The number of thioether (sulfide) groups is 1. The molecule has 1 N–H and O–H groups in total. The molecule has 0 unspecified atom stereocenters. The van der Waals surface area contributed by atoms with Gasteiger partial charge in [-0.05, 0) is 42.1 Å². The van der Waals surface area contributed by atoms with Gasteiger partial charge in [0.15, 0.2) is 5.17 Å². The van der Waals surface area contributed by atoms with Crippen molar-refractivity contribution in [1.29, 1.82) is 0 Å². The fourth-order valence-corrected chi connectivity index (χ4v) is 3.17. The maximum Gasteiger partial charge on any atom is 0.264 e.